The zero-order chi connectivity index (χ0) is 30.8. The normalized spacial score (nSPS) is 15.1. The van der Waals surface area contributed by atoms with Gasteiger partial charge in [0, 0.05) is 30.9 Å². The summed E-state index contributed by atoms with van der Waals surface area (Å²) in [5.74, 6) is 0.486. The van der Waals surface area contributed by atoms with E-state index in [1.807, 2.05) is 92.4 Å². The predicted octanol–water partition coefficient (Wildman–Crippen LogP) is 7.71. The molecule has 1 aliphatic heterocycles. The molecule has 6 rings (SSSR count). The lowest BCUT2D eigenvalue weighted by Crippen LogP contribution is -2.42. The van der Waals surface area contributed by atoms with Gasteiger partial charge in [-0.1, -0.05) is 54.6 Å². The van der Waals surface area contributed by atoms with E-state index in [0.717, 1.165) is 29.2 Å². The Morgan fingerprint density at radius 2 is 1.84 bits per heavy atom. The van der Waals surface area contributed by atoms with Gasteiger partial charge in [0.25, 0.3) is 0 Å². The van der Waals surface area contributed by atoms with Crippen LogP contribution in [0.5, 0.6) is 5.75 Å². The predicted molar refractivity (Wildman–Crippen MR) is 171 cm³/mol. The van der Waals surface area contributed by atoms with E-state index in [1.54, 1.807) is 6.20 Å². The lowest BCUT2D eigenvalue weighted by atomic mass is 10.00. The van der Waals surface area contributed by atoms with E-state index in [1.165, 1.54) is 0 Å². The molecule has 3 heterocycles. The number of carbonyl (C=O) groups excluding carboxylic acids is 1. The molecule has 1 atom stereocenters. The van der Waals surface area contributed by atoms with Crippen molar-refractivity contribution >= 4 is 45.2 Å². The molecule has 0 saturated carbocycles. The number of anilines is 1. The first-order valence-corrected chi connectivity index (χ1v) is 15.0. The number of nitrogens with zero attached hydrogens (tertiary/aromatic N) is 4. The van der Waals surface area contributed by atoms with Crippen molar-refractivity contribution in [3.63, 3.8) is 0 Å². The highest BCUT2D eigenvalue weighted by molar-refractivity contribution is 6.28. The lowest BCUT2D eigenvalue weighted by molar-refractivity contribution is 0.0525. The smallest absolute Gasteiger partial charge is 0.407 e. The maximum absolute atomic E-state index is 16.5. The van der Waals surface area contributed by atoms with Crippen molar-refractivity contribution in [1.82, 2.24) is 20.3 Å². The quantitative estimate of drug-likeness (QED) is 0.188. The van der Waals surface area contributed by atoms with Crippen molar-refractivity contribution in [2.24, 2.45) is 0 Å². The zero-order valence-electron chi connectivity index (χ0n) is 24.8. The highest BCUT2D eigenvalue weighted by Gasteiger charge is 2.30. The van der Waals surface area contributed by atoms with Crippen molar-refractivity contribution in [1.29, 1.82) is 0 Å². The Hall–Kier alpha value is -4.50. The Kier molecular flexibility index (Phi) is 8.23. The number of fused-ring (bicyclic) bond motifs is 2. The minimum Gasteiger partial charge on any atom is -0.489 e. The topological polar surface area (TPSA) is 89.5 Å². The van der Waals surface area contributed by atoms with E-state index in [4.69, 9.17) is 21.1 Å². The highest BCUT2D eigenvalue weighted by atomic mass is 35.5. The van der Waals surface area contributed by atoms with Crippen LogP contribution in [0, 0.1) is 5.82 Å². The summed E-state index contributed by atoms with van der Waals surface area (Å²) in [4.78, 5) is 27.7. The fourth-order valence-corrected chi connectivity index (χ4v) is 5.73. The molecule has 1 saturated heterocycles. The van der Waals surface area contributed by atoms with Crippen LogP contribution in [0.2, 0.25) is 5.28 Å². The Balaban J connectivity index is 1.35. The molecule has 1 aliphatic rings. The van der Waals surface area contributed by atoms with Crippen molar-refractivity contribution in [3.05, 3.63) is 89.6 Å². The number of hydrogen-bond acceptors (Lipinski definition) is 7. The number of benzene rings is 3. The summed E-state index contributed by atoms with van der Waals surface area (Å²) in [6.45, 7) is 6.83. The summed E-state index contributed by atoms with van der Waals surface area (Å²) in [5.41, 5.74) is 1.23. The molecule has 0 unspecified atom stereocenters. The number of aromatic nitrogens is 3. The van der Waals surface area contributed by atoms with Gasteiger partial charge in [-0.2, -0.15) is 4.98 Å². The van der Waals surface area contributed by atoms with Crippen LogP contribution >= 0.6 is 11.6 Å². The number of pyridine rings is 1. The van der Waals surface area contributed by atoms with Gasteiger partial charge in [-0.05, 0) is 73.7 Å². The fourth-order valence-electron chi connectivity index (χ4n) is 5.57. The van der Waals surface area contributed by atoms with Gasteiger partial charge in [-0.15, -0.1) is 0 Å². The molecule has 3 aromatic carbocycles. The molecule has 0 bridgehead atoms. The van der Waals surface area contributed by atoms with Crippen LogP contribution in [-0.2, 0) is 11.3 Å². The van der Waals surface area contributed by atoms with Gasteiger partial charge in [-0.3, -0.25) is 4.98 Å². The van der Waals surface area contributed by atoms with Crippen LogP contribution < -0.4 is 15.0 Å². The van der Waals surface area contributed by atoms with Gasteiger partial charge in [0.05, 0.1) is 5.39 Å². The monoisotopic (exact) mass is 613 g/mol. The number of nitrogens with one attached hydrogen (secondary N) is 1. The SMILES string of the molecule is CC(C)(C)OC(=O)NC[C@@H]1CCCN1c1nc(Cl)nc2c(F)c(-c3cc(OCc4ccccc4)cc4ccccc34)ncc12. The third-order valence-corrected chi connectivity index (χ3v) is 7.67. The number of halogens is 2. The molecule has 10 heteroatoms. The Morgan fingerprint density at radius 1 is 1.07 bits per heavy atom. The van der Waals surface area contributed by atoms with Gasteiger partial charge in [-0.25, -0.2) is 14.2 Å². The highest BCUT2D eigenvalue weighted by Crippen LogP contribution is 2.38. The van der Waals surface area contributed by atoms with E-state index in [0.29, 0.717) is 42.2 Å². The third kappa shape index (κ3) is 6.38. The van der Waals surface area contributed by atoms with E-state index in [-0.39, 0.29) is 22.5 Å². The number of hydrogen-bond donors (Lipinski definition) is 1. The van der Waals surface area contributed by atoms with Crippen LogP contribution in [0.25, 0.3) is 32.9 Å². The minimum atomic E-state index is -0.602. The second kappa shape index (κ2) is 12.2. The second-order valence-corrected chi connectivity index (χ2v) is 12.2. The van der Waals surface area contributed by atoms with Crippen molar-refractivity contribution in [2.75, 3.05) is 18.0 Å². The number of amides is 1. The number of rotatable bonds is 7. The molecule has 0 radical (unpaired) electrons. The lowest BCUT2D eigenvalue weighted by Gasteiger charge is -2.27. The first-order valence-electron chi connectivity index (χ1n) is 14.6. The molecular formula is C34H33ClFN5O3. The molecule has 0 spiro atoms. The first kappa shape index (κ1) is 29.6. The summed E-state index contributed by atoms with van der Waals surface area (Å²) in [5, 5.41) is 4.95. The molecular weight excluding hydrogens is 581 g/mol. The molecule has 44 heavy (non-hydrogen) atoms. The van der Waals surface area contributed by atoms with Crippen LogP contribution in [0.1, 0.15) is 39.2 Å². The van der Waals surface area contributed by atoms with Crippen molar-refractivity contribution in [2.45, 2.75) is 51.9 Å². The number of ether oxygens (including phenoxy) is 2. The van der Waals surface area contributed by atoms with Gasteiger partial charge in [0.1, 0.15) is 35.0 Å². The number of alkyl carbamates (subject to hydrolysis) is 1. The maximum atomic E-state index is 16.5. The maximum Gasteiger partial charge on any atom is 0.407 e. The molecule has 1 amide bonds. The standard InChI is InChI=1S/C34H33ClFN5O3/c1-34(2,3)44-33(42)38-18-23-13-9-15-41(23)31-27-19-37-29(28(36)30(27)39-32(35)40-31)26-17-24(16-22-12-7-8-14-25(22)26)43-20-21-10-5-4-6-11-21/h4-8,10-12,14,16-17,19,23H,9,13,15,18,20H2,1-3H3,(H,38,42)/t23-/m0/s1. The van der Waals surface area contributed by atoms with E-state index >= 15 is 4.39 Å². The van der Waals surface area contributed by atoms with Crippen LogP contribution in [-0.4, -0.2) is 45.8 Å². The van der Waals surface area contributed by atoms with Crippen LogP contribution in [0.4, 0.5) is 15.0 Å². The van der Waals surface area contributed by atoms with Gasteiger partial charge in [0.15, 0.2) is 5.82 Å². The van der Waals surface area contributed by atoms with Crippen molar-refractivity contribution < 1.29 is 18.7 Å². The van der Waals surface area contributed by atoms with E-state index in [2.05, 4.69) is 20.3 Å². The second-order valence-electron chi connectivity index (χ2n) is 11.8. The summed E-state index contributed by atoms with van der Waals surface area (Å²) in [6.07, 6.45) is 2.80. The minimum absolute atomic E-state index is 0.0703. The number of carbonyl (C=O) groups is 1. The Bertz CT molecular complexity index is 1830. The van der Waals surface area contributed by atoms with Crippen LogP contribution in [0.15, 0.2) is 72.9 Å². The molecule has 1 N–H and O–H groups in total. The molecule has 0 aliphatic carbocycles. The molecule has 5 aromatic rings. The zero-order valence-corrected chi connectivity index (χ0v) is 25.6. The summed E-state index contributed by atoms with van der Waals surface area (Å²) >= 11 is 6.39. The van der Waals surface area contributed by atoms with E-state index in [9.17, 15) is 4.79 Å². The van der Waals surface area contributed by atoms with Crippen LogP contribution in [0.3, 0.4) is 0 Å². The summed E-state index contributed by atoms with van der Waals surface area (Å²) in [7, 11) is 0. The van der Waals surface area contributed by atoms with E-state index < -0.39 is 17.5 Å². The largest absolute Gasteiger partial charge is 0.489 e. The molecule has 8 nitrogen and oxygen atoms in total. The van der Waals surface area contributed by atoms with Gasteiger partial charge in [0.2, 0.25) is 5.28 Å². The van der Waals surface area contributed by atoms with Crippen molar-refractivity contribution in [3.8, 4) is 17.0 Å². The molecule has 226 valence electrons. The molecule has 1 fully saturated rings. The third-order valence-electron chi connectivity index (χ3n) is 7.51. The molecule has 2 aromatic heterocycles. The average molecular weight is 614 g/mol. The summed E-state index contributed by atoms with van der Waals surface area (Å²) in [6, 6.07) is 21.3. The summed E-state index contributed by atoms with van der Waals surface area (Å²) < 4.78 is 28.0. The average Bonchev–Trinajstić information content (AvgIpc) is 3.47. The first-order chi connectivity index (χ1) is 21.2. The van der Waals surface area contributed by atoms with Gasteiger partial charge >= 0.3 is 6.09 Å². The van der Waals surface area contributed by atoms with Gasteiger partial charge < -0.3 is 19.7 Å². The Labute approximate surface area is 260 Å². The Morgan fingerprint density at radius 3 is 2.64 bits per heavy atom. The fraction of sp³-hybridized carbons (Fsp3) is 0.294.